The van der Waals surface area contributed by atoms with E-state index in [1.807, 2.05) is 10.5 Å². The lowest BCUT2D eigenvalue weighted by molar-refractivity contribution is 0.0591. The Bertz CT molecular complexity index is 672. The third-order valence-corrected chi connectivity index (χ3v) is 4.47. The molecule has 2 aromatic heterocycles. The molecule has 1 aliphatic rings. The van der Waals surface area contributed by atoms with E-state index < -0.39 is 0 Å². The molecular weight excluding hydrogens is 280 g/mol. The molecule has 0 radical (unpaired) electrons. The van der Waals surface area contributed by atoms with Crippen LogP contribution in [0.1, 0.15) is 48.9 Å². The zero-order valence-electron chi connectivity index (χ0n) is 13.3. The summed E-state index contributed by atoms with van der Waals surface area (Å²) in [7, 11) is 1.40. The molecule has 0 spiro atoms. The van der Waals surface area contributed by atoms with Gasteiger partial charge in [-0.25, -0.2) is 4.79 Å². The summed E-state index contributed by atoms with van der Waals surface area (Å²) >= 11 is 0. The molecule has 22 heavy (non-hydrogen) atoms. The number of pyridine rings is 1. The van der Waals surface area contributed by atoms with Crippen LogP contribution in [0, 0.1) is 0 Å². The molecule has 118 valence electrons. The quantitative estimate of drug-likeness (QED) is 0.813. The lowest BCUT2D eigenvalue weighted by Gasteiger charge is -2.34. The molecule has 0 unspecified atom stereocenters. The minimum Gasteiger partial charge on any atom is -0.464 e. The maximum absolute atomic E-state index is 12.0. The lowest BCUT2D eigenvalue weighted by Crippen LogP contribution is -2.38. The fraction of sp³-hybridized carbons (Fsp3) is 0.562. The van der Waals surface area contributed by atoms with Gasteiger partial charge in [0.2, 0.25) is 0 Å². The van der Waals surface area contributed by atoms with Crippen LogP contribution < -0.4 is 0 Å². The number of hydrogen-bond acceptors (Lipinski definition) is 5. The van der Waals surface area contributed by atoms with Crippen molar-refractivity contribution in [3.8, 4) is 0 Å². The molecule has 6 nitrogen and oxygen atoms in total. The third-order valence-electron chi connectivity index (χ3n) is 4.47. The van der Waals surface area contributed by atoms with Gasteiger partial charge in [0.1, 0.15) is 11.5 Å². The first kappa shape index (κ1) is 15.0. The van der Waals surface area contributed by atoms with E-state index in [4.69, 9.17) is 4.74 Å². The highest BCUT2D eigenvalue weighted by molar-refractivity contribution is 5.88. The van der Waals surface area contributed by atoms with E-state index in [-0.39, 0.29) is 5.97 Å². The van der Waals surface area contributed by atoms with E-state index in [9.17, 15) is 4.79 Å². The van der Waals surface area contributed by atoms with E-state index in [1.54, 1.807) is 12.1 Å². The van der Waals surface area contributed by atoms with Crippen LogP contribution >= 0.6 is 0 Å². The summed E-state index contributed by atoms with van der Waals surface area (Å²) in [6.45, 7) is 6.56. The van der Waals surface area contributed by atoms with Gasteiger partial charge < -0.3 is 9.64 Å². The summed E-state index contributed by atoms with van der Waals surface area (Å²) in [5.74, 6) is 0.849. The third kappa shape index (κ3) is 2.59. The van der Waals surface area contributed by atoms with E-state index >= 15 is 0 Å². The Morgan fingerprint density at radius 3 is 2.64 bits per heavy atom. The number of hydrogen-bond donors (Lipinski definition) is 0. The topological polar surface area (TPSA) is 59.7 Å². The molecule has 2 aromatic rings. The van der Waals surface area contributed by atoms with Crippen LogP contribution in [0.4, 0.5) is 0 Å². The van der Waals surface area contributed by atoms with Crippen molar-refractivity contribution in [2.75, 3.05) is 20.2 Å². The monoisotopic (exact) mass is 302 g/mol. The van der Waals surface area contributed by atoms with Crippen molar-refractivity contribution in [1.82, 2.24) is 19.5 Å². The molecule has 0 atom stereocenters. The maximum atomic E-state index is 12.0. The van der Waals surface area contributed by atoms with Crippen LogP contribution in [0.3, 0.4) is 0 Å². The molecule has 1 fully saturated rings. The van der Waals surface area contributed by atoms with Gasteiger partial charge in [-0.15, -0.1) is 10.2 Å². The highest BCUT2D eigenvalue weighted by atomic mass is 16.5. The number of likely N-dealkylation sites (tertiary alicyclic amines) is 1. The number of fused-ring (bicyclic) bond motifs is 1. The number of piperidine rings is 1. The Morgan fingerprint density at radius 2 is 2.00 bits per heavy atom. The number of aromatic nitrogens is 3. The van der Waals surface area contributed by atoms with Crippen LogP contribution in [0.2, 0.25) is 0 Å². The molecule has 0 aliphatic carbocycles. The normalized spacial score (nSPS) is 17.3. The molecule has 0 aromatic carbocycles. The van der Waals surface area contributed by atoms with Crippen molar-refractivity contribution in [2.24, 2.45) is 0 Å². The van der Waals surface area contributed by atoms with Gasteiger partial charge in [-0.1, -0.05) is 6.07 Å². The van der Waals surface area contributed by atoms with Gasteiger partial charge in [0.05, 0.1) is 7.11 Å². The minimum absolute atomic E-state index is 0.329. The van der Waals surface area contributed by atoms with Crippen LogP contribution in [0.15, 0.2) is 18.2 Å². The Balaban J connectivity index is 1.93. The summed E-state index contributed by atoms with van der Waals surface area (Å²) in [5.41, 5.74) is 1.19. The predicted octanol–water partition coefficient (Wildman–Crippen LogP) is 2.10. The van der Waals surface area contributed by atoms with Crippen molar-refractivity contribution in [1.29, 1.82) is 0 Å². The summed E-state index contributed by atoms with van der Waals surface area (Å²) < 4.78 is 6.73. The number of methoxy groups -OCH3 is 1. The van der Waals surface area contributed by atoms with Crippen LogP contribution in [-0.2, 0) is 4.74 Å². The first-order valence-corrected chi connectivity index (χ1v) is 7.78. The van der Waals surface area contributed by atoms with Gasteiger partial charge in [-0.2, -0.15) is 0 Å². The first-order valence-electron chi connectivity index (χ1n) is 7.78. The van der Waals surface area contributed by atoms with E-state index in [0.717, 1.165) is 31.8 Å². The zero-order valence-corrected chi connectivity index (χ0v) is 13.3. The van der Waals surface area contributed by atoms with E-state index in [1.165, 1.54) is 7.11 Å². The molecular formula is C16H22N4O2. The molecule has 6 heteroatoms. The fourth-order valence-corrected chi connectivity index (χ4v) is 3.17. The summed E-state index contributed by atoms with van der Waals surface area (Å²) in [6.07, 6.45) is 2.07. The van der Waals surface area contributed by atoms with Gasteiger partial charge in [0.25, 0.3) is 0 Å². The van der Waals surface area contributed by atoms with Gasteiger partial charge >= 0.3 is 5.97 Å². The SMILES string of the molecule is COC(=O)c1cccc2nnc(C3CCN(C(C)C)CC3)n12. The maximum Gasteiger partial charge on any atom is 0.355 e. The number of rotatable bonds is 3. The van der Waals surface area contributed by atoms with E-state index in [0.29, 0.717) is 23.3 Å². The molecule has 1 saturated heterocycles. The summed E-state index contributed by atoms with van der Waals surface area (Å²) in [5, 5.41) is 8.57. The summed E-state index contributed by atoms with van der Waals surface area (Å²) in [6, 6.07) is 6.00. The number of carbonyl (C=O) groups excluding carboxylic acids is 1. The Kier molecular flexibility index (Phi) is 4.11. The zero-order chi connectivity index (χ0) is 15.7. The lowest BCUT2D eigenvalue weighted by atomic mass is 9.95. The second-order valence-corrected chi connectivity index (χ2v) is 6.06. The van der Waals surface area contributed by atoms with Crippen molar-refractivity contribution in [2.45, 2.75) is 38.6 Å². The minimum atomic E-state index is -0.355. The van der Waals surface area contributed by atoms with Gasteiger partial charge in [0.15, 0.2) is 5.65 Å². The molecule has 3 rings (SSSR count). The molecule has 0 bridgehead atoms. The van der Waals surface area contributed by atoms with Crippen molar-refractivity contribution in [3.05, 3.63) is 29.7 Å². The molecule has 0 amide bonds. The Hall–Kier alpha value is -1.95. The van der Waals surface area contributed by atoms with Crippen LogP contribution in [0.5, 0.6) is 0 Å². The highest BCUT2D eigenvalue weighted by Gasteiger charge is 2.27. The molecule has 3 heterocycles. The molecule has 0 saturated carbocycles. The second-order valence-electron chi connectivity index (χ2n) is 6.06. The van der Waals surface area contributed by atoms with Crippen LogP contribution in [-0.4, -0.2) is 51.7 Å². The van der Waals surface area contributed by atoms with Crippen molar-refractivity contribution < 1.29 is 9.53 Å². The highest BCUT2D eigenvalue weighted by Crippen LogP contribution is 2.28. The second kappa shape index (κ2) is 6.04. The van der Waals surface area contributed by atoms with Gasteiger partial charge in [0, 0.05) is 12.0 Å². The Labute approximate surface area is 130 Å². The largest absolute Gasteiger partial charge is 0.464 e. The van der Waals surface area contributed by atoms with E-state index in [2.05, 4.69) is 28.9 Å². The average Bonchev–Trinajstić information content (AvgIpc) is 2.98. The van der Waals surface area contributed by atoms with Crippen LogP contribution in [0.25, 0.3) is 5.65 Å². The molecule has 1 aliphatic heterocycles. The van der Waals surface area contributed by atoms with Gasteiger partial charge in [-0.05, 0) is 51.9 Å². The smallest absolute Gasteiger partial charge is 0.355 e. The predicted molar refractivity (Wildman–Crippen MR) is 83.0 cm³/mol. The molecule has 0 N–H and O–H groups in total. The van der Waals surface area contributed by atoms with Crippen molar-refractivity contribution in [3.63, 3.8) is 0 Å². The number of esters is 1. The number of nitrogens with zero attached hydrogens (tertiary/aromatic N) is 4. The first-order chi connectivity index (χ1) is 10.6. The summed E-state index contributed by atoms with van der Waals surface area (Å²) in [4.78, 5) is 14.5. The standard InChI is InChI=1S/C16H22N4O2/c1-11(2)19-9-7-12(8-10-19)15-18-17-14-6-4-5-13(20(14)15)16(21)22-3/h4-6,11-12H,7-10H2,1-3H3. The Morgan fingerprint density at radius 1 is 1.27 bits per heavy atom. The fourth-order valence-electron chi connectivity index (χ4n) is 3.17. The number of ether oxygens (including phenoxy) is 1. The van der Waals surface area contributed by atoms with Crippen molar-refractivity contribution >= 4 is 11.6 Å². The van der Waals surface area contributed by atoms with Gasteiger partial charge in [-0.3, -0.25) is 4.40 Å². The number of carbonyl (C=O) groups is 1. The average molecular weight is 302 g/mol.